The van der Waals surface area contributed by atoms with Crippen LogP contribution in [0.5, 0.6) is 0 Å². The monoisotopic (exact) mass is 262 g/mol. The molecule has 1 aromatic carbocycles. The summed E-state index contributed by atoms with van der Waals surface area (Å²) in [4.78, 5) is 2.46. The topological polar surface area (TPSA) is 35.5 Å². The summed E-state index contributed by atoms with van der Waals surface area (Å²) in [5.74, 6) is 0. The molecule has 1 aliphatic heterocycles. The van der Waals surface area contributed by atoms with Crippen molar-refractivity contribution in [2.75, 3.05) is 24.5 Å². The third kappa shape index (κ3) is 3.95. The molecular formula is C16H26N2O. The molecule has 1 fully saturated rings. The Morgan fingerprint density at radius 1 is 1.32 bits per heavy atom. The van der Waals surface area contributed by atoms with E-state index in [-0.39, 0.29) is 12.1 Å². The largest absolute Gasteiger partial charge is 0.392 e. The quantitative estimate of drug-likeness (QED) is 0.827. The first-order valence-corrected chi connectivity index (χ1v) is 7.47. The molecule has 0 aromatic heterocycles. The van der Waals surface area contributed by atoms with Crippen LogP contribution in [-0.2, 0) is 0 Å². The van der Waals surface area contributed by atoms with E-state index in [9.17, 15) is 5.11 Å². The van der Waals surface area contributed by atoms with Crippen LogP contribution in [-0.4, -0.2) is 30.8 Å². The first-order valence-electron chi connectivity index (χ1n) is 7.47. The van der Waals surface area contributed by atoms with Gasteiger partial charge in [0.1, 0.15) is 0 Å². The highest BCUT2D eigenvalue weighted by molar-refractivity contribution is 5.49. The zero-order valence-corrected chi connectivity index (χ0v) is 12.1. The van der Waals surface area contributed by atoms with E-state index in [1.807, 2.05) is 6.92 Å². The Labute approximate surface area is 116 Å². The number of benzene rings is 1. The summed E-state index contributed by atoms with van der Waals surface area (Å²) >= 11 is 0. The summed E-state index contributed by atoms with van der Waals surface area (Å²) in [6.45, 7) is 7.18. The van der Waals surface area contributed by atoms with Crippen LogP contribution in [0.4, 0.5) is 5.69 Å². The third-order valence-electron chi connectivity index (χ3n) is 3.97. The van der Waals surface area contributed by atoms with Crippen molar-refractivity contribution in [1.29, 1.82) is 0 Å². The van der Waals surface area contributed by atoms with Crippen molar-refractivity contribution >= 4 is 5.69 Å². The van der Waals surface area contributed by atoms with Crippen LogP contribution >= 0.6 is 0 Å². The van der Waals surface area contributed by atoms with Crippen molar-refractivity contribution < 1.29 is 5.11 Å². The van der Waals surface area contributed by atoms with Crippen LogP contribution in [0, 0.1) is 0 Å². The molecule has 2 atom stereocenters. The molecule has 1 heterocycles. The van der Waals surface area contributed by atoms with Gasteiger partial charge in [0.25, 0.3) is 0 Å². The molecule has 3 heteroatoms. The Kier molecular flexibility index (Phi) is 5.23. The summed E-state index contributed by atoms with van der Waals surface area (Å²) < 4.78 is 0. The molecule has 1 saturated heterocycles. The number of rotatable bonds is 6. The van der Waals surface area contributed by atoms with Crippen molar-refractivity contribution in [1.82, 2.24) is 5.32 Å². The van der Waals surface area contributed by atoms with E-state index in [1.165, 1.54) is 37.2 Å². The van der Waals surface area contributed by atoms with Gasteiger partial charge in [0.05, 0.1) is 6.10 Å². The fourth-order valence-corrected chi connectivity index (χ4v) is 2.54. The van der Waals surface area contributed by atoms with E-state index in [0.717, 1.165) is 6.42 Å². The van der Waals surface area contributed by atoms with Gasteiger partial charge in [-0.2, -0.15) is 0 Å². The highest BCUT2D eigenvalue weighted by Gasteiger charge is 2.14. The first kappa shape index (κ1) is 14.4. The van der Waals surface area contributed by atoms with Crippen LogP contribution in [0.1, 0.15) is 44.7 Å². The molecule has 0 bridgehead atoms. The summed E-state index contributed by atoms with van der Waals surface area (Å²) in [7, 11) is 0. The fourth-order valence-electron chi connectivity index (χ4n) is 2.54. The lowest BCUT2D eigenvalue weighted by atomic mass is 10.1. The molecule has 2 rings (SSSR count). The Morgan fingerprint density at radius 3 is 2.74 bits per heavy atom. The highest BCUT2D eigenvalue weighted by atomic mass is 16.3. The molecule has 0 unspecified atom stereocenters. The molecule has 0 amide bonds. The second-order valence-corrected chi connectivity index (χ2v) is 5.48. The molecule has 0 aliphatic carbocycles. The third-order valence-corrected chi connectivity index (χ3v) is 3.97. The van der Waals surface area contributed by atoms with Gasteiger partial charge in [0.2, 0.25) is 0 Å². The maximum absolute atomic E-state index is 9.61. The minimum absolute atomic E-state index is 0.246. The summed E-state index contributed by atoms with van der Waals surface area (Å²) in [5, 5.41) is 13.0. The van der Waals surface area contributed by atoms with Gasteiger partial charge < -0.3 is 15.3 Å². The average Bonchev–Trinajstić information content (AvgIpc) is 2.98. The molecule has 1 aromatic rings. The van der Waals surface area contributed by atoms with E-state index in [2.05, 4.69) is 41.4 Å². The lowest BCUT2D eigenvalue weighted by Gasteiger charge is -2.21. The number of nitrogens with zero attached hydrogens (tertiary/aromatic N) is 1. The first-order chi connectivity index (χ1) is 9.20. The Morgan fingerprint density at radius 2 is 2.05 bits per heavy atom. The normalized spacial score (nSPS) is 18.6. The van der Waals surface area contributed by atoms with Gasteiger partial charge in [-0.05, 0) is 43.9 Å². The molecule has 0 radical (unpaired) electrons. The van der Waals surface area contributed by atoms with Crippen molar-refractivity contribution in [3.8, 4) is 0 Å². The van der Waals surface area contributed by atoms with E-state index in [1.54, 1.807) is 0 Å². The highest BCUT2D eigenvalue weighted by Crippen LogP contribution is 2.23. The van der Waals surface area contributed by atoms with Gasteiger partial charge in [0, 0.05) is 31.4 Å². The van der Waals surface area contributed by atoms with Gasteiger partial charge in [-0.25, -0.2) is 0 Å². The number of hydrogen-bond acceptors (Lipinski definition) is 3. The predicted molar refractivity (Wildman–Crippen MR) is 80.6 cm³/mol. The van der Waals surface area contributed by atoms with E-state index in [0.29, 0.717) is 6.54 Å². The maximum Gasteiger partial charge on any atom is 0.0662 e. The zero-order valence-electron chi connectivity index (χ0n) is 12.1. The van der Waals surface area contributed by atoms with Gasteiger partial charge in [-0.1, -0.05) is 19.1 Å². The maximum atomic E-state index is 9.61. The van der Waals surface area contributed by atoms with E-state index >= 15 is 0 Å². The Balaban J connectivity index is 1.97. The van der Waals surface area contributed by atoms with Gasteiger partial charge >= 0.3 is 0 Å². The molecule has 3 nitrogen and oxygen atoms in total. The number of hydrogen-bond donors (Lipinski definition) is 2. The van der Waals surface area contributed by atoms with Crippen molar-refractivity contribution in [3.63, 3.8) is 0 Å². The summed E-state index contributed by atoms with van der Waals surface area (Å²) in [5.41, 5.74) is 2.63. The van der Waals surface area contributed by atoms with Crippen LogP contribution in [0.25, 0.3) is 0 Å². The summed E-state index contributed by atoms with van der Waals surface area (Å²) in [6, 6.07) is 9.06. The second-order valence-electron chi connectivity index (χ2n) is 5.48. The molecular weight excluding hydrogens is 236 g/mol. The van der Waals surface area contributed by atoms with Crippen LogP contribution in [0.15, 0.2) is 24.3 Å². The van der Waals surface area contributed by atoms with Crippen LogP contribution in [0.3, 0.4) is 0 Å². The van der Waals surface area contributed by atoms with Crippen LogP contribution < -0.4 is 10.2 Å². The SMILES string of the molecule is CC[C@H](O)CN[C@@H](C)c1cccc(N2CCCC2)c1. The Bertz CT molecular complexity index is 388. The molecule has 106 valence electrons. The lowest BCUT2D eigenvalue weighted by molar-refractivity contribution is 0.164. The molecule has 1 aliphatic rings. The smallest absolute Gasteiger partial charge is 0.0662 e. The minimum Gasteiger partial charge on any atom is -0.392 e. The number of aliphatic hydroxyl groups is 1. The fraction of sp³-hybridized carbons (Fsp3) is 0.625. The van der Waals surface area contributed by atoms with Crippen molar-refractivity contribution in [2.24, 2.45) is 0 Å². The molecule has 0 spiro atoms. The summed E-state index contributed by atoms with van der Waals surface area (Å²) in [6.07, 6.45) is 3.17. The zero-order chi connectivity index (χ0) is 13.7. The minimum atomic E-state index is -0.246. The van der Waals surface area contributed by atoms with Crippen LogP contribution in [0.2, 0.25) is 0 Å². The van der Waals surface area contributed by atoms with Crippen molar-refractivity contribution in [3.05, 3.63) is 29.8 Å². The average molecular weight is 262 g/mol. The second kappa shape index (κ2) is 6.92. The molecule has 0 saturated carbocycles. The van der Waals surface area contributed by atoms with Crippen molar-refractivity contribution in [2.45, 2.75) is 45.3 Å². The van der Waals surface area contributed by atoms with Gasteiger partial charge in [-0.3, -0.25) is 0 Å². The number of aliphatic hydroxyl groups excluding tert-OH is 1. The Hall–Kier alpha value is -1.06. The molecule has 2 N–H and O–H groups in total. The van der Waals surface area contributed by atoms with E-state index in [4.69, 9.17) is 0 Å². The number of anilines is 1. The predicted octanol–water partition coefficient (Wildman–Crippen LogP) is 2.71. The molecule has 19 heavy (non-hydrogen) atoms. The van der Waals surface area contributed by atoms with Gasteiger partial charge in [-0.15, -0.1) is 0 Å². The lowest BCUT2D eigenvalue weighted by Crippen LogP contribution is -2.28. The standard InChI is InChI=1S/C16H26N2O/c1-3-16(19)12-17-13(2)14-7-6-8-15(11-14)18-9-4-5-10-18/h6-8,11,13,16-17,19H,3-5,9-10,12H2,1-2H3/t13-,16-/m0/s1. The van der Waals surface area contributed by atoms with Gasteiger partial charge in [0.15, 0.2) is 0 Å². The number of nitrogens with one attached hydrogen (secondary N) is 1. The van der Waals surface area contributed by atoms with E-state index < -0.39 is 0 Å².